The maximum absolute atomic E-state index is 13.3. The van der Waals surface area contributed by atoms with E-state index in [-0.39, 0.29) is 29.3 Å². The summed E-state index contributed by atoms with van der Waals surface area (Å²) in [4.78, 5) is 42.5. The zero-order valence-electron chi connectivity index (χ0n) is 18.7. The predicted molar refractivity (Wildman–Crippen MR) is 130 cm³/mol. The molecule has 0 spiro atoms. The number of methoxy groups -OCH3 is 1. The molecule has 0 atom stereocenters. The van der Waals surface area contributed by atoms with Crippen LogP contribution in [-0.2, 0) is 22.5 Å². The van der Waals surface area contributed by atoms with Gasteiger partial charge in [-0.2, -0.15) is 0 Å². The van der Waals surface area contributed by atoms with Crippen molar-refractivity contribution in [3.05, 3.63) is 88.1 Å². The number of nitrogens with zero attached hydrogens (tertiary/aromatic N) is 2. The van der Waals surface area contributed by atoms with E-state index in [0.29, 0.717) is 21.8 Å². The Hall–Kier alpha value is -3.85. The van der Waals surface area contributed by atoms with E-state index in [1.165, 1.54) is 30.1 Å². The average Bonchev–Trinajstić information content (AvgIpc) is 3.37. The molecule has 0 fully saturated rings. The molecular formula is C25H23N3O5S. The molecule has 1 amide bonds. The number of furan rings is 1. The largest absolute Gasteiger partial charge is 0.467 e. The normalized spacial score (nSPS) is 10.9. The molecule has 0 aliphatic rings. The molecule has 8 nitrogen and oxygen atoms in total. The van der Waals surface area contributed by atoms with Gasteiger partial charge in [0.05, 0.1) is 42.1 Å². The topological polar surface area (TPSA) is 103 Å². The number of hydrogen-bond acceptors (Lipinski definition) is 7. The van der Waals surface area contributed by atoms with Crippen molar-refractivity contribution >= 4 is 40.2 Å². The van der Waals surface area contributed by atoms with Crippen molar-refractivity contribution in [3.63, 3.8) is 0 Å². The number of anilines is 1. The Kier molecular flexibility index (Phi) is 7.12. The molecule has 4 aromatic rings. The summed E-state index contributed by atoms with van der Waals surface area (Å²) < 4.78 is 11.7. The predicted octanol–water partition coefficient (Wildman–Crippen LogP) is 4.12. The minimum Gasteiger partial charge on any atom is -0.467 e. The maximum Gasteiger partial charge on any atom is 0.337 e. The first-order valence-electron chi connectivity index (χ1n) is 10.7. The second-order valence-electron chi connectivity index (χ2n) is 7.44. The number of amides is 1. The molecule has 2 aromatic heterocycles. The number of aryl methyl sites for hydroxylation is 1. The molecule has 0 radical (unpaired) electrons. The number of carbonyl (C=O) groups excluding carboxylic acids is 2. The highest BCUT2D eigenvalue weighted by Crippen LogP contribution is 2.22. The van der Waals surface area contributed by atoms with E-state index in [4.69, 9.17) is 9.15 Å². The molecule has 0 aliphatic heterocycles. The number of para-hydroxylation sites is 1. The van der Waals surface area contributed by atoms with E-state index >= 15 is 0 Å². The van der Waals surface area contributed by atoms with Gasteiger partial charge in [-0.1, -0.05) is 36.9 Å². The van der Waals surface area contributed by atoms with Gasteiger partial charge in [0.2, 0.25) is 5.91 Å². The highest BCUT2D eigenvalue weighted by molar-refractivity contribution is 7.99. The van der Waals surface area contributed by atoms with Gasteiger partial charge in [0.25, 0.3) is 5.56 Å². The van der Waals surface area contributed by atoms with Gasteiger partial charge in [-0.15, -0.1) is 0 Å². The Morgan fingerprint density at radius 3 is 2.71 bits per heavy atom. The van der Waals surface area contributed by atoms with Crippen molar-refractivity contribution in [1.82, 2.24) is 9.55 Å². The number of esters is 1. The number of benzene rings is 2. The summed E-state index contributed by atoms with van der Waals surface area (Å²) in [6.07, 6.45) is 2.32. The van der Waals surface area contributed by atoms with E-state index in [2.05, 4.69) is 10.3 Å². The highest BCUT2D eigenvalue weighted by atomic mass is 32.2. The van der Waals surface area contributed by atoms with Crippen molar-refractivity contribution in [2.45, 2.75) is 25.0 Å². The Labute approximate surface area is 199 Å². The van der Waals surface area contributed by atoms with Crippen molar-refractivity contribution in [1.29, 1.82) is 0 Å². The Bertz CT molecular complexity index is 1400. The van der Waals surface area contributed by atoms with Crippen LogP contribution in [-0.4, -0.2) is 34.3 Å². The zero-order valence-corrected chi connectivity index (χ0v) is 19.6. The summed E-state index contributed by atoms with van der Waals surface area (Å²) >= 11 is 1.14. The third-order valence-electron chi connectivity index (χ3n) is 5.24. The first-order valence-corrected chi connectivity index (χ1v) is 11.6. The van der Waals surface area contributed by atoms with E-state index in [0.717, 1.165) is 29.4 Å². The van der Waals surface area contributed by atoms with Crippen LogP contribution in [0.3, 0.4) is 0 Å². The molecule has 4 rings (SSSR count). The van der Waals surface area contributed by atoms with Crippen LogP contribution in [0.15, 0.2) is 75.2 Å². The number of rotatable bonds is 8. The Morgan fingerprint density at radius 2 is 1.97 bits per heavy atom. The summed E-state index contributed by atoms with van der Waals surface area (Å²) in [7, 11) is 1.29. The molecule has 9 heteroatoms. The van der Waals surface area contributed by atoms with Crippen LogP contribution in [0.1, 0.15) is 28.6 Å². The molecule has 0 aliphatic carbocycles. The molecule has 0 saturated heterocycles. The third kappa shape index (κ3) is 5.04. The first-order chi connectivity index (χ1) is 16.5. The van der Waals surface area contributed by atoms with Crippen molar-refractivity contribution in [2.24, 2.45) is 0 Å². The summed E-state index contributed by atoms with van der Waals surface area (Å²) in [5, 5.41) is 3.62. The number of thioether (sulfide) groups is 1. The van der Waals surface area contributed by atoms with Gasteiger partial charge in [0, 0.05) is 5.69 Å². The molecule has 1 N–H and O–H groups in total. The zero-order chi connectivity index (χ0) is 24.1. The molecule has 174 valence electrons. The fraction of sp³-hybridized carbons (Fsp3) is 0.200. The fourth-order valence-electron chi connectivity index (χ4n) is 3.52. The SMILES string of the molecule is CCc1ccccc1NC(=O)CSc1nc2cc(C(=O)OC)ccc2c(=O)n1Cc1ccco1. The smallest absolute Gasteiger partial charge is 0.337 e. The molecule has 0 unspecified atom stereocenters. The van der Waals surface area contributed by atoms with Gasteiger partial charge >= 0.3 is 5.97 Å². The first kappa shape index (κ1) is 23.3. The van der Waals surface area contributed by atoms with Crippen molar-refractivity contribution < 1.29 is 18.7 Å². The minimum absolute atomic E-state index is 0.0465. The molecule has 2 heterocycles. The van der Waals surface area contributed by atoms with Gasteiger partial charge in [-0.3, -0.25) is 14.2 Å². The summed E-state index contributed by atoms with van der Waals surface area (Å²) in [5.74, 6) is -0.109. The van der Waals surface area contributed by atoms with E-state index in [1.807, 2.05) is 31.2 Å². The van der Waals surface area contributed by atoms with Crippen LogP contribution in [0.25, 0.3) is 10.9 Å². The van der Waals surface area contributed by atoms with Crippen molar-refractivity contribution in [2.75, 3.05) is 18.2 Å². The van der Waals surface area contributed by atoms with Gasteiger partial charge in [-0.05, 0) is 48.4 Å². The van der Waals surface area contributed by atoms with E-state index in [9.17, 15) is 14.4 Å². The van der Waals surface area contributed by atoms with Crippen LogP contribution in [0.5, 0.6) is 0 Å². The van der Waals surface area contributed by atoms with Gasteiger partial charge in [-0.25, -0.2) is 9.78 Å². The molecule has 34 heavy (non-hydrogen) atoms. The van der Waals surface area contributed by atoms with Crippen LogP contribution in [0, 0.1) is 0 Å². The summed E-state index contributed by atoms with van der Waals surface area (Å²) in [6.45, 7) is 2.19. The Balaban J connectivity index is 1.66. The second kappa shape index (κ2) is 10.4. The number of carbonyl (C=O) groups is 2. The number of hydrogen-bond donors (Lipinski definition) is 1. The average molecular weight is 478 g/mol. The van der Waals surface area contributed by atoms with Crippen LogP contribution in [0.4, 0.5) is 5.69 Å². The number of aromatic nitrogens is 2. The lowest BCUT2D eigenvalue weighted by Crippen LogP contribution is -2.25. The highest BCUT2D eigenvalue weighted by Gasteiger charge is 2.17. The van der Waals surface area contributed by atoms with Crippen LogP contribution >= 0.6 is 11.8 Å². The number of nitrogens with one attached hydrogen (secondary N) is 1. The minimum atomic E-state index is -0.522. The number of ether oxygens (including phenoxy) is 1. The lowest BCUT2D eigenvalue weighted by molar-refractivity contribution is -0.113. The third-order valence-corrected chi connectivity index (χ3v) is 6.22. The van der Waals surface area contributed by atoms with Gasteiger partial charge in [0.1, 0.15) is 5.76 Å². The monoisotopic (exact) mass is 477 g/mol. The molecular weight excluding hydrogens is 454 g/mol. The van der Waals surface area contributed by atoms with E-state index in [1.54, 1.807) is 18.2 Å². The second-order valence-corrected chi connectivity index (χ2v) is 8.38. The lowest BCUT2D eigenvalue weighted by atomic mass is 10.1. The van der Waals surface area contributed by atoms with Crippen LogP contribution in [0.2, 0.25) is 0 Å². The van der Waals surface area contributed by atoms with Gasteiger partial charge in [0.15, 0.2) is 5.16 Å². The van der Waals surface area contributed by atoms with Crippen LogP contribution < -0.4 is 10.9 Å². The molecule has 2 aromatic carbocycles. The van der Waals surface area contributed by atoms with E-state index < -0.39 is 5.97 Å². The lowest BCUT2D eigenvalue weighted by Gasteiger charge is -2.13. The summed E-state index contributed by atoms with van der Waals surface area (Å²) in [5.41, 5.74) is 2.14. The molecule has 0 bridgehead atoms. The number of fused-ring (bicyclic) bond motifs is 1. The quantitative estimate of drug-likeness (QED) is 0.231. The Morgan fingerprint density at radius 1 is 1.15 bits per heavy atom. The standard InChI is InChI=1S/C25H23N3O5S/c1-3-16-7-4-5-9-20(16)26-22(29)15-34-25-27-21-13-17(24(31)32-2)10-11-19(21)23(30)28(25)14-18-8-6-12-33-18/h4-13H,3,14-15H2,1-2H3,(H,26,29). The van der Waals surface area contributed by atoms with Crippen molar-refractivity contribution in [3.8, 4) is 0 Å². The summed E-state index contributed by atoms with van der Waals surface area (Å²) in [6, 6.07) is 15.7. The maximum atomic E-state index is 13.3. The van der Waals surface area contributed by atoms with Gasteiger partial charge < -0.3 is 14.5 Å². The fourth-order valence-corrected chi connectivity index (χ4v) is 4.32. The molecule has 0 saturated carbocycles.